The number of fused-ring (bicyclic) bond motifs is 1. The minimum absolute atomic E-state index is 0.163. The third kappa shape index (κ3) is 4.47. The van der Waals surface area contributed by atoms with Gasteiger partial charge < -0.3 is 10.1 Å². The maximum absolute atomic E-state index is 14.5. The maximum atomic E-state index is 14.5. The van der Waals surface area contributed by atoms with Crippen LogP contribution in [0.3, 0.4) is 0 Å². The standard InChI is InChI=1S/C20H20FN3O3S/c1-3-13-5-7-17(16(21)11-13)23-19-14(6-8-18-15(19)12-22-28-18)20(25)24-27-10-9-26-4-2/h4-8,11-12,23H,2-3,9-10H2,1H3,(H,24,25). The number of carbonyl (C=O) groups excluding carboxylic acids is 1. The Morgan fingerprint density at radius 2 is 2.18 bits per heavy atom. The largest absolute Gasteiger partial charge is 0.499 e. The summed E-state index contributed by atoms with van der Waals surface area (Å²) in [5, 5.41) is 3.78. The van der Waals surface area contributed by atoms with Crippen molar-refractivity contribution in [2.75, 3.05) is 18.5 Å². The molecule has 0 fully saturated rings. The molecule has 0 aliphatic rings. The van der Waals surface area contributed by atoms with Crippen LogP contribution in [0.15, 0.2) is 49.4 Å². The molecule has 6 nitrogen and oxygen atoms in total. The molecule has 0 aliphatic carbocycles. The second-order valence-electron chi connectivity index (χ2n) is 5.84. The summed E-state index contributed by atoms with van der Waals surface area (Å²) < 4.78 is 24.5. The van der Waals surface area contributed by atoms with Gasteiger partial charge in [0.2, 0.25) is 0 Å². The molecule has 8 heteroatoms. The van der Waals surface area contributed by atoms with Crippen molar-refractivity contribution in [1.29, 1.82) is 0 Å². The first-order valence-corrected chi connectivity index (χ1v) is 9.48. The van der Waals surface area contributed by atoms with Crippen LogP contribution in [0.2, 0.25) is 0 Å². The molecule has 0 saturated carbocycles. The average Bonchev–Trinajstić information content (AvgIpc) is 3.18. The number of nitrogens with one attached hydrogen (secondary N) is 2. The van der Waals surface area contributed by atoms with Gasteiger partial charge in [0.05, 0.1) is 34.1 Å². The third-order valence-corrected chi connectivity index (χ3v) is 4.83. The van der Waals surface area contributed by atoms with Gasteiger partial charge in [-0.25, -0.2) is 9.87 Å². The van der Waals surface area contributed by atoms with Gasteiger partial charge in [-0.3, -0.25) is 9.63 Å². The van der Waals surface area contributed by atoms with Crippen molar-refractivity contribution in [2.24, 2.45) is 0 Å². The van der Waals surface area contributed by atoms with Gasteiger partial charge >= 0.3 is 0 Å². The molecule has 0 spiro atoms. The van der Waals surface area contributed by atoms with E-state index in [2.05, 4.69) is 21.7 Å². The highest BCUT2D eigenvalue weighted by Gasteiger charge is 2.17. The number of hydroxylamine groups is 1. The van der Waals surface area contributed by atoms with Crippen LogP contribution in [-0.2, 0) is 16.0 Å². The van der Waals surface area contributed by atoms with Crippen molar-refractivity contribution in [1.82, 2.24) is 9.85 Å². The molecule has 2 aromatic carbocycles. The lowest BCUT2D eigenvalue weighted by molar-refractivity contribution is 0.0145. The summed E-state index contributed by atoms with van der Waals surface area (Å²) in [5.41, 5.74) is 4.33. The molecule has 0 bridgehead atoms. The molecule has 3 rings (SSSR count). The van der Waals surface area contributed by atoms with Gasteiger partial charge in [-0.1, -0.05) is 19.6 Å². The molecule has 1 heterocycles. The Labute approximate surface area is 166 Å². The molecule has 1 aromatic heterocycles. The van der Waals surface area contributed by atoms with Crippen LogP contribution in [0.4, 0.5) is 15.8 Å². The van der Waals surface area contributed by atoms with Gasteiger partial charge in [-0.15, -0.1) is 0 Å². The third-order valence-electron chi connectivity index (χ3n) is 4.07. The number of aromatic nitrogens is 1. The Balaban J connectivity index is 1.87. The highest BCUT2D eigenvalue weighted by molar-refractivity contribution is 7.13. The number of hydrogen-bond acceptors (Lipinski definition) is 6. The molecule has 1 amide bonds. The molecule has 0 radical (unpaired) electrons. The molecule has 3 aromatic rings. The average molecular weight is 401 g/mol. The van der Waals surface area contributed by atoms with Crippen LogP contribution in [-0.4, -0.2) is 23.5 Å². The van der Waals surface area contributed by atoms with Crippen molar-refractivity contribution in [3.05, 3.63) is 66.3 Å². The Bertz CT molecular complexity index is 990. The summed E-state index contributed by atoms with van der Waals surface area (Å²) in [6, 6.07) is 8.44. The number of halogens is 1. The highest BCUT2D eigenvalue weighted by Crippen LogP contribution is 2.33. The van der Waals surface area contributed by atoms with Crippen molar-refractivity contribution in [3.63, 3.8) is 0 Å². The number of anilines is 2. The van der Waals surface area contributed by atoms with E-state index in [4.69, 9.17) is 9.57 Å². The number of benzene rings is 2. The summed E-state index contributed by atoms with van der Waals surface area (Å²) in [4.78, 5) is 17.7. The van der Waals surface area contributed by atoms with E-state index in [9.17, 15) is 9.18 Å². The van der Waals surface area contributed by atoms with E-state index >= 15 is 0 Å². The topological polar surface area (TPSA) is 72.5 Å². The van der Waals surface area contributed by atoms with E-state index in [0.29, 0.717) is 11.3 Å². The first kappa shape index (κ1) is 19.8. The SMILES string of the molecule is C=COCCONC(=O)c1ccc2sncc2c1Nc1ccc(CC)cc1F. The monoisotopic (exact) mass is 401 g/mol. The molecule has 0 saturated heterocycles. The lowest BCUT2D eigenvalue weighted by Gasteiger charge is -2.14. The van der Waals surface area contributed by atoms with Crippen molar-refractivity contribution < 1.29 is 18.8 Å². The van der Waals surface area contributed by atoms with E-state index in [-0.39, 0.29) is 24.7 Å². The lowest BCUT2D eigenvalue weighted by atomic mass is 10.1. The Kier molecular flexibility index (Phi) is 6.57. The predicted octanol–water partition coefficient (Wildman–Crippen LogP) is 4.56. The van der Waals surface area contributed by atoms with Crippen molar-refractivity contribution in [3.8, 4) is 0 Å². The van der Waals surface area contributed by atoms with Crippen LogP contribution >= 0.6 is 11.5 Å². The molecule has 2 N–H and O–H groups in total. The number of aryl methyl sites for hydroxylation is 1. The first-order valence-electron chi connectivity index (χ1n) is 8.71. The molecule has 0 atom stereocenters. The summed E-state index contributed by atoms with van der Waals surface area (Å²) in [6.07, 6.45) is 3.68. The van der Waals surface area contributed by atoms with E-state index in [1.807, 2.05) is 13.0 Å². The molecule has 0 aliphatic heterocycles. The number of rotatable bonds is 9. The number of nitrogens with zero attached hydrogens (tertiary/aromatic N) is 1. The fourth-order valence-corrected chi connectivity index (χ4v) is 3.28. The van der Waals surface area contributed by atoms with Gasteiger partial charge in [-0.2, -0.15) is 4.37 Å². The normalized spacial score (nSPS) is 10.6. The van der Waals surface area contributed by atoms with Gasteiger partial charge in [0.15, 0.2) is 0 Å². The summed E-state index contributed by atoms with van der Waals surface area (Å²) in [5.74, 6) is -0.844. The Hall–Kier alpha value is -2.97. The van der Waals surface area contributed by atoms with Gasteiger partial charge in [0.25, 0.3) is 5.91 Å². The van der Waals surface area contributed by atoms with Gasteiger partial charge in [-0.05, 0) is 47.8 Å². The Morgan fingerprint density at radius 1 is 1.32 bits per heavy atom. The van der Waals surface area contributed by atoms with Crippen LogP contribution in [0, 0.1) is 5.82 Å². The number of carbonyl (C=O) groups is 1. The maximum Gasteiger partial charge on any atom is 0.276 e. The van der Waals surface area contributed by atoms with Gasteiger partial charge in [0, 0.05) is 5.39 Å². The summed E-state index contributed by atoms with van der Waals surface area (Å²) >= 11 is 1.30. The van der Waals surface area contributed by atoms with E-state index in [1.165, 1.54) is 23.9 Å². The zero-order valence-corrected chi connectivity index (χ0v) is 16.1. The van der Waals surface area contributed by atoms with E-state index in [0.717, 1.165) is 22.1 Å². The fraction of sp³-hybridized carbons (Fsp3) is 0.200. The molecule has 0 unspecified atom stereocenters. The van der Waals surface area contributed by atoms with Crippen LogP contribution in [0.25, 0.3) is 10.1 Å². The first-order chi connectivity index (χ1) is 13.6. The van der Waals surface area contributed by atoms with Crippen LogP contribution in [0.1, 0.15) is 22.8 Å². The summed E-state index contributed by atoms with van der Waals surface area (Å²) in [6.45, 7) is 5.81. The minimum atomic E-state index is -0.459. The Morgan fingerprint density at radius 3 is 2.93 bits per heavy atom. The second-order valence-corrected chi connectivity index (χ2v) is 6.67. The van der Waals surface area contributed by atoms with Gasteiger partial charge in [0.1, 0.15) is 19.0 Å². The van der Waals surface area contributed by atoms with E-state index < -0.39 is 5.91 Å². The number of ether oxygens (including phenoxy) is 1. The highest BCUT2D eigenvalue weighted by atomic mass is 32.1. The number of amides is 1. The zero-order chi connectivity index (χ0) is 19.9. The number of hydrogen-bond donors (Lipinski definition) is 2. The molecular weight excluding hydrogens is 381 g/mol. The minimum Gasteiger partial charge on any atom is -0.499 e. The fourth-order valence-electron chi connectivity index (χ4n) is 2.63. The summed E-state index contributed by atoms with van der Waals surface area (Å²) in [7, 11) is 0. The van der Waals surface area contributed by atoms with Crippen molar-refractivity contribution >= 4 is 38.9 Å². The molecule has 28 heavy (non-hydrogen) atoms. The zero-order valence-electron chi connectivity index (χ0n) is 15.3. The van der Waals surface area contributed by atoms with Crippen LogP contribution in [0.5, 0.6) is 0 Å². The molecule has 146 valence electrons. The smallest absolute Gasteiger partial charge is 0.276 e. The quantitative estimate of drug-likeness (QED) is 0.312. The van der Waals surface area contributed by atoms with E-state index in [1.54, 1.807) is 24.4 Å². The van der Waals surface area contributed by atoms with Crippen LogP contribution < -0.4 is 10.8 Å². The van der Waals surface area contributed by atoms with Crippen molar-refractivity contribution in [2.45, 2.75) is 13.3 Å². The molecular formula is C20H20FN3O3S. The predicted molar refractivity (Wildman–Crippen MR) is 108 cm³/mol. The lowest BCUT2D eigenvalue weighted by Crippen LogP contribution is -2.26. The second kappa shape index (κ2) is 9.29.